The molecule has 0 bridgehead atoms. The van der Waals surface area contributed by atoms with Gasteiger partial charge in [0.15, 0.2) is 0 Å². The van der Waals surface area contributed by atoms with E-state index in [9.17, 15) is 5.11 Å². The molecule has 0 radical (unpaired) electrons. The van der Waals surface area contributed by atoms with Crippen LogP contribution in [0.25, 0.3) is 0 Å². The van der Waals surface area contributed by atoms with Gasteiger partial charge in [0.25, 0.3) is 0 Å². The number of benzene rings is 1. The van der Waals surface area contributed by atoms with E-state index in [2.05, 4.69) is 29.4 Å². The molecular weight excluding hydrogens is 204 g/mol. The molecule has 0 fully saturated rings. The lowest BCUT2D eigenvalue weighted by Gasteiger charge is -2.11. The van der Waals surface area contributed by atoms with Crippen LogP contribution in [0.5, 0.6) is 0 Å². The van der Waals surface area contributed by atoms with Crippen LogP contribution in [0.1, 0.15) is 11.1 Å². The zero-order chi connectivity index (χ0) is 11.5. The molecule has 1 heterocycles. The van der Waals surface area contributed by atoms with Gasteiger partial charge < -0.3 is 15.5 Å². The maximum absolute atomic E-state index is 9.23. The number of nitrogens with zero attached hydrogens (tertiary/aromatic N) is 1. The van der Waals surface area contributed by atoms with Gasteiger partial charge in [-0.2, -0.15) is 0 Å². The van der Waals surface area contributed by atoms with Crippen LogP contribution in [-0.4, -0.2) is 41.4 Å². The van der Waals surface area contributed by atoms with Crippen LogP contribution in [0.4, 0.5) is 5.69 Å². The first-order chi connectivity index (χ1) is 7.69. The van der Waals surface area contributed by atoms with Crippen LogP contribution in [-0.2, 0) is 13.1 Å². The summed E-state index contributed by atoms with van der Waals surface area (Å²) in [7, 11) is 2.10. The molecular formula is C12H18N2O2. The summed E-state index contributed by atoms with van der Waals surface area (Å²) in [6.07, 6.45) is -0.698. The van der Waals surface area contributed by atoms with Crippen molar-refractivity contribution in [3.63, 3.8) is 0 Å². The lowest BCUT2D eigenvalue weighted by atomic mass is 10.1. The van der Waals surface area contributed by atoms with Crippen molar-refractivity contribution in [2.24, 2.45) is 0 Å². The highest BCUT2D eigenvalue weighted by atomic mass is 16.3. The van der Waals surface area contributed by atoms with E-state index in [4.69, 9.17) is 5.11 Å². The summed E-state index contributed by atoms with van der Waals surface area (Å²) >= 11 is 0. The smallest absolute Gasteiger partial charge is 0.0942 e. The van der Waals surface area contributed by atoms with Crippen LogP contribution in [0.15, 0.2) is 18.2 Å². The van der Waals surface area contributed by atoms with Crippen molar-refractivity contribution in [1.29, 1.82) is 0 Å². The summed E-state index contributed by atoms with van der Waals surface area (Å²) in [5.41, 5.74) is 3.71. The highest BCUT2D eigenvalue weighted by molar-refractivity contribution is 5.49. The Kier molecular flexibility index (Phi) is 3.43. The van der Waals surface area contributed by atoms with Gasteiger partial charge in [0.05, 0.1) is 12.7 Å². The Balaban J connectivity index is 2.00. The molecule has 1 aliphatic heterocycles. The monoisotopic (exact) mass is 222 g/mol. The lowest BCUT2D eigenvalue weighted by molar-refractivity contribution is 0.105. The Morgan fingerprint density at radius 3 is 2.88 bits per heavy atom. The third-order valence-electron chi connectivity index (χ3n) is 2.84. The van der Waals surface area contributed by atoms with Crippen molar-refractivity contribution in [2.45, 2.75) is 19.2 Å². The van der Waals surface area contributed by atoms with Gasteiger partial charge in [-0.3, -0.25) is 4.90 Å². The van der Waals surface area contributed by atoms with E-state index in [-0.39, 0.29) is 6.61 Å². The normalized spacial score (nSPS) is 17.2. The highest BCUT2D eigenvalue weighted by Crippen LogP contribution is 2.24. The number of hydrogen-bond donors (Lipinski definition) is 3. The second kappa shape index (κ2) is 4.82. The first-order valence-corrected chi connectivity index (χ1v) is 5.52. The summed E-state index contributed by atoms with van der Waals surface area (Å²) in [6.45, 7) is 2.16. The van der Waals surface area contributed by atoms with E-state index in [1.165, 1.54) is 11.1 Å². The van der Waals surface area contributed by atoms with E-state index in [1.807, 2.05) is 6.07 Å². The average molecular weight is 222 g/mol. The zero-order valence-electron chi connectivity index (χ0n) is 9.48. The Morgan fingerprint density at radius 2 is 2.12 bits per heavy atom. The molecule has 4 heteroatoms. The highest BCUT2D eigenvalue weighted by Gasteiger charge is 2.15. The van der Waals surface area contributed by atoms with E-state index in [0.29, 0.717) is 6.54 Å². The minimum Gasteiger partial charge on any atom is -0.394 e. The molecule has 88 valence electrons. The predicted molar refractivity (Wildman–Crippen MR) is 63.2 cm³/mol. The molecule has 1 aromatic rings. The number of aliphatic hydroxyl groups excluding tert-OH is 2. The average Bonchev–Trinajstić information content (AvgIpc) is 2.65. The van der Waals surface area contributed by atoms with Crippen molar-refractivity contribution < 1.29 is 10.2 Å². The van der Waals surface area contributed by atoms with E-state index >= 15 is 0 Å². The number of fused-ring (bicyclic) bond motifs is 1. The number of nitrogens with one attached hydrogen (secondary N) is 1. The molecule has 3 N–H and O–H groups in total. The molecule has 1 atom stereocenters. The topological polar surface area (TPSA) is 55.7 Å². The fourth-order valence-electron chi connectivity index (χ4n) is 1.98. The van der Waals surface area contributed by atoms with Crippen molar-refractivity contribution in [3.8, 4) is 0 Å². The third-order valence-corrected chi connectivity index (χ3v) is 2.84. The summed E-state index contributed by atoms with van der Waals surface area (Å²) in [6, 6.07) is 6.25. The summed E-state index contributed by atoms with van der Waals surface area (Å²) in [5.74, 6) is 0. The minimum absolute atomic E-state index is 0.208. The van der Waals surface area contributed by atoms with Crippen molar-refractivity contribution in [2.75, 3.05) is 25.5 Å². The van der Waals surface area contributed by atoms with Gasteiger partial charge in [0.1, 0.15) is 0 Å². The van der Waals surface area contributed by atoms with Gasteiger partial charge in [-0.25, -0.2) is 0 Å². The molecule has 16 heavy (non-hydrogen) atoms. The van der Waals surface area contributed by atoms with E-state index in [0.717, 1.165) is 18.8 Å². The molecule has 0 aliphatic carbocycles. The quantitative estimate of drug-likeness (QED) is 0.690. The molecule has 0 saturated carbocycles. The van der Waals surface area contributed by atoms with Gasteiger partial charge in [0, 0.05) is 25.3 Å². The fraction of sp³-hybridized carbons (Fsp3) is 0.500. The number of aliphatic hydroxyl groups is 2. The molecule has 0 aromatic heterocycles. The van der Waals surface area contributed by atoms with Crippen LogP contribution in [0.3, 0.4) is 0 Å². The molecule has 1 aliphatic rings. The minimum atomic E-state index is -0.698. The third kappa shape index (κ3) is 2.52. The van der Waals surface area contributed by atoms with Crippen LogP contribution < -0.4 is 5.32 Å². The SMILES string of the molecule is CN1Cc2ccc(NCC(O)CO)cc2C1. The number of rotatable bonds is 4. The van der Waals surface area contributed by atoms with Crippen LogP contribution in [0, 0.1) is 0 Å². The maximum atomic E-state index is 9.23. The second-order valence-corrected chi connectivity index (χ2v) is 4.37. The van der Waals surface area contributed by atoms with E-state index in [1.54, 1.807) is 0 Å². The molecule has 4 nitrogen and oxygen atoms in total. The Bertz CT molecular complexity index is 368. The molecule has 1 aromatic carbocycles. The summed E-state index contributed by atoms with van der Waals surface area (Å²) < 4.78 is 0. The molecule has 0 amide bonds. The van der Waals surface area contributed by atoms with E-state index < -0.39 is 6.10 Å². The molecule has 0 spiro atoms. The van der Waals surface area contributed by atoms with Crippen LogP contribution in [0.2, 0.25) is 0 Å². The number of anilines is 1. The number of hydrogen-bond acceptors (Lipinski definition) is 4. The van der Waals surface area contributed by atoms with Crippen molar-refractivity contribution in [3.05, 3.63) is 29.3 Å². The van der Waals surface area contributed by atoms with Gasteiger partial charge in [-0.1, -0.05) is 6.07 Å². The fourth-order valence-corrected chi connectivity index (χ4v) is 1.98. The van der Waals surface area contributed by atoms with Gasteiger partial charge in [-0.05, 0) is 30.3 Å². The largest absolute Gasteiger partial charge is 0.394 e. The van der Waals surface area contributed by atoms with Gasteiger partial charge >= 0.3 is 0 Å². The van der Waals surface area contributed by atoms with Gasteiger partial charge in [0.2, 0.25) is 0 Å². The van der Waals surface area contributed by atoms with Gasteiger partial charge in [-0.15, -0.1) is 0 Å². The summed E-state index contributed by atoms with van der Waals surface area (Å²) in [4.78, 5) is 2.26. The predicted octanol–water partition coefficient (Wildman–Crippen LogP) is 0.397. The molecule has 0 saturated heterocycles. The standard InChI is InChI=1S/C12H18N2O2/c1-14-6-9-2-3-11(4-10(9)7-14)13-5-12(16)8-15/h2-4,12-13,15-16H,5-8H2,1H3. The van der Waals surface area contributed by atoms with Crippen LogP contribution >= 0.6 is 0 Å². The molecule has 2 rings (SSSR count). The Morgan fingerprint density at radius 1 is 1.38 bits per heavy atom. The zero-order valence-corrected chi connectivity index (χ0v) is 9.48. The van der Waals surface area contributed by atoms with Crippen molar-refractivity contribution >= 4 is 5.69 Å². The lowest BCUT2D eigenvalue weighted by Crippen LogP contribution is -2.22. The Hall–Kier alpha value is -1.10. The maximum Gasteiger partial charge on any atom is 0.0942 e. The first kappa shape index (κ1) is 11.4. The Labute approximate surface area is 95.5 Å². The summed E-state index contributed by atoms with van der Waals surface area (Å²) in [5, 5.41) is 21.1. The van der Waals surface area contributed by atoms with Crippen molar-refractivity contribution in [1.82, 2.24) is 4.90 Å². The first-order valence-electron chi connectivity index (χ1n) is 5.52. The second-order valence-electron chi connectivity index (χ2n) is 4.37. The molecule has 1 unspecified atom stereocenters.